The summed E-state index contributed by atoms with van der Waals surface area (Å²) in [5.41, 5.74) is 6.95. The van der Waals surface area contributed by atoms with Crippen LogP contribution in [0.15, 0.2) is 24.4 Å². The van der Waals surface area contributed by atoms with Gasteiger partial charge in [-0.1, -0.05) is 13.0 Å². The van der Waals surface area contributed by atoms with Gasteiger partial charge in [-0.2, -0.15) is 0 Å². The van der Waals surface area contributed by atoms with Gasteiger partial charge >= 0.3 is 0 Å². The van der Waals surface area contributed by atoms with E-state index in [0.717, 1.165) is 19.5 Å². The van der Waals surface area contributed by atoms with Crippen LogP contribution in [0, 0.1) is 0 Å². The zero-order valence-corrected chi connectivity index (χ0v) is 12.0. The fourth-order valence-corrected chi connectivity index (χ4v) is 2.75. The molecule has 0 bridgehead atoms. The number of pyridine rings is 1. The Kier molecular flexibility index (Phi) is 5.76. The Balaban J connectivity index is 1.91. The van der Waals surface area contributed by atoms with Gasteiger partial charge in [0.05, 0.1) is 0 Å². The quantitative estimate of drug-likeness (QED) is 0.835. The van der Waals surface area contributed by atoms with Crippen LogP contribution in [0.3, 0.4) is 0 Å². The van der Waals surface area contributed by atoms with Crippen molar-refractivity contribution in [1.29, 1.82) is 0 Å². The minimum absolute atomic E-state index is 0.472. The number of nitrogens with two attached hydrogens (primary N) is 1. The van der Waals surface area contributed by atoms with Crippen LogP contribution in [0.2, 0.25) is 0 Å². The number of hydrogen-bond donors (Lipinski definition) is 1. The predicted molar refractivity (Wildman–Crippen MR) is 79.2 cm³/mol. The summed E-state index contributed by atoms with van der Waals surface area (Å²) in [6.07, 6.45) is 2.90. The van der Waals surface area contributed by atoms with Crippen molar-refractivity contribution in [3.8, 4) is 0 Å². The maximum Gasteiger partial charge on any atom is 0.0447 e. The van der Waals surface area contributed by atoms with Gasteiger partial charge in [-0.05, 0) is 31.6 Å². The number of hydrogen-bond acceptors (Lipinski definition) is 4. The van der Waals surface area contributed by atoms with Gasteiger partial charge in [0.1, 0.15) is 0 Å². The zero-order valence-electron chi connectivity index (χ0n) is 12.0. The second-order valence-electron chi connectivity index (χ2n) is 5.26. The summed E-state index contributed by atoms with van der Waals surface area (Å²) in [5, 5.41) is 0. The molecule has 4 nitrogen and oxygen atoms in total. The largest absolute Gasteiger partial charge is 0.330 e. The lowest BCUT2D eigenvalue weighted by molar-refractivity contribution is 0.130. The van der Waals surface area contributed by atoms with E-state index in [-0.39, 0.29) is 0 Å². The summed E-state index contributed by atoms with van der Waals surface area (Å²) in [6, 6.07) is 6.17. The number of rotatable bonds is 6. The third-order valence-electron chi connectivity index (χ3n) is 4.01. The molecule has 2 heterocycles. The van der Waals surface area contributed by atoms with Crippen LogP contribution < -0.4 is 5.73 Å². The average Bonchev–Trinajstić information content (AvgIpc) is 2.48. The van der Waals surface area contributed by atoms with Crippen LogP contribution in [0.1, 0.15) is 25.0 Å². The first-order valence-corrected chi connectivity index (χ1v) is 7.39. The lowest BCUT2D eigenvalue weighted by atomic mass is 9.99. The molecule has 2 rings (SSSR count). The summed E-state index contributed by atoms with van der Waals surface area (Å²) in [5.74, 6) is 0.472. The molecule has 0 radical (unpaired) electrons. The summed E-state index contributed by atoms with van der Waals surface area (Å²) in [7, 11) is 0. The van der Waals surface area contributed by atoms with Gasteiger partial charge < -0.3 is 15.5 Å². The molecule has 1 aliphatic heterocycles. The van der Waals surface area contributed by atoms with Gasteiger partial charge in [-0.25, -0.2) is 0 Å². The van der Waals surface area contributed by atoms with Crippen molar-refractivity contribution in [2.45, 2.75) is 19.3 Å². The zero-order chi connectivity index (χ0) is 13.5. The molecule has 106 valence electrons. The lowest BCUT2D eigenvalue weighted by Crippen LogP contribution is -2.47. The van der Waals surface area contributed by atoms with Crippen molar-refractivity contribution in [1.82, 2.24) is 14.8 Å². The van der Waals surface area contributed by atoms with E-state index in [0.29, 0.717) is 5.92 Å². The summed E-state index contributed by atoms with van der Waals surface area (Å²) in [4.78, 5) is 9.57. The molecule has 0 amide bonds. The van der Waals surface area contributed by atoms with Gasteiger partial charge in [0.15, 0.2) is 0 Å². The van der Waals surface area contributed by atoms with E-state index in [1.54, 1.807) is 0 Å². The molecule has 2 N–H and O–H groups in total. The predicted octanol–water partition coefficient (Wildman–Crippen LogP) is 1.15. The second kappa shape index (κ2) is 7.58. The van der Waals surface area contributed by atoms with E-state index in [1.165, 1.54) is 38.4 Å². The van der Waals surface area contributed by atoms with E-state index < -0.39 is 0 Å². The second-order valence-corrected chi connectivity index (χ2v) is 5.26. The Labute approximate surface area is 116 Å². The SMILES string of the molecule is CCN1CCN(CC(CCN)c2ccccn2)CC1. The Morgan fingerprint density at radius 1 is 1.21 bits per heavy atom. The molecular formula is C15H26N4. The normalized spacial score (nSPS) is 19.5. The van der Waals surface area contributed by atoms with E-state index in [4.69, 9.17) is 5.73 Å². The van der Waals surface area contributed by atoms with Gasteiger partial charge in [-0.3, -0.25) is 4.98 Å². The van der Waals surface area contributed by atoms with Gasteiger partial charge in [0.2, 0.25) is 0 Å². The molecule has 1 saturated heterocycles. The van der Waals surface area contributed by atoms with Crippen LogP contribution >= 0.6 is 0 Å². The summed E-state index contributed by atoms with van der Waals surface area (Å²) in [6.45, 7) is 9.94. The maximum absolute atomic E-state index is 5.76. The van der Waals surface area contributed by atoms with Crippen LogP contribution in [0.25, 0.3) is 0 Å². The Morgan fingerprint density at radius 3 is 2.53 bits per heavy atom. The highest BCUT2D eigenvalue weighted by Crippen LogP contribution is 2.19. The standard InChI is InChI=1S/C15H26N4/c1-2-18-9-11-19(12-10-18)13-14(6-7-16)15-5-3-4-8-17-15/h3-5,8,14H,2,6-7,9-13,16H2,1H3. The summed E-state index contributed by atoms with van der Waals surface area (Å²) >= 11 is 0. The van der Waals surface area contributed by atoms with Crippen LogP contribution in [-0.2, 0) is 0 Å². The number of likely N-dealkylation sites (N-methyl/N-ethyl adjacent to an activating group) is 1. The smallest absolute Gasteiger partial charge is 0.0447 e. The van der Waals surface area contributed by atoms with Crippen LogP contribution in [0.4, 0.5) is 0 Å². The lowest BCUT2D eigenvalue weighted by Gasteiger charge is -2.35. The fourth-order valence-electron chi connectivity index (χ4n) is 2.75. The molecule has 1 aromatic heterocycles. The third kappa shape index (κ3) is 4.27. The van der Waals surface area contributed by atoms with E-state index in [9.17, 15) is 0 Å². The maximum atomic E-state index is 5.76. The molecule has 1 aliphatic rings. The fraction of sp³-hybridized carbons (Fsp3) is 0.667. The molecule has 4 heteroatoms. The highest BCUT2D eigenvalue weighted by molar-refractivity contribution is 5.10. The highest BCUT2D eigenvalue weighted by atomic mass is 15.3. The topological polar surface area (TPSA) is 45.4 Å². The number of aromatic nitrogens is 1. The Bertz CT molecular complexity index is 346. The first kappa shape index (κ1) is 14.4. The molecule has 0 spiro atoms. The van der Waals surface area contributed by atoms with Gasteiger partial charge in [0.25, 0.3) is 0 Å². The van der Waals surface area contributed by atoms with Crippen molar-refractivity contribution in [2.24, 2.45) is 5.73 Å². The van der Waals surface area contributed by atoms with E-state index >= 15 is 0 Å². The van der Waals surface area contributed by atoms with Crippen molar-refractivity contribution >= 4 is 0 Å². The van der Waals surface area contributed by atoms with E-state index in [2.05, 4.69) is 33.8 Å². The van der Waals surface area contributed by atoms with Crippen molar-refractivity contribution < 1.29 is 0 Å². The van der Waals surface area contributed by atoms with Crippen molar-refractivity contribution in [3.63, 3.8) is 0 Å². The first-order chi connectivity index (χ1) is 9.33. The molecule has 0 aliphatic carbocycles. The molecular weight excluding hydrogens is 236 g/mol. The Hall–Kier alpha value is -0.970. The van der Waals surface area contributed by atoms with Crippen LogP contribution in [-0.4, -0.2) is 60.6 Å². The van der Waals surface area contributed by atoms with Crippen LogP contribution in [0.5, 0.6) is 0 Å². The van der Waals surface area contributed by atoms with E-state index in [1.807, 2.05) is 12.3 Å². The van der Waals surface area contributed by atoms with Crippen molar-refractivity contribution in [2.75, 3.05) is 45.8 Å². The van der Waals surface area contributed by atoms with Gasteiger partial charge in [0, 0.05) is 50.5 Å². The number of piperazine rings is 1. The molecule has 0 aromatic carbocycles. The third-order valence-corrected chi connectivity index (χ3v) is 4.01. The molecule has 1 fully saturated rings. The minimum atomic E-state index is 0.472. The highest BCUT2D eigenvalue weighted by Gasteiger charge is 2.20. The Morgan fingerprint density at radius 2 is 1.95 bits per heavy atom. The summed E-state index contributed by atoms with van der Waals surface area (Å²) < 4.78 is 0. The van der Waals surface area contributed by atoms with Gasteiger partial charge in [-0.15, -0.1) is 0 Å². The molecule has 1 atom stereocenters. The molecule has 0 saturated carbocycles. The average molecular weight is 262 g/mol. The molecule has 1 aromatic rings. The monoisotopic (exact) mass is 262 g/mol. The molecule has 1 unspecified atom stereocenters. The first-order valence-electron chi connectivity index (χ1n) is 7.39. The minimum Gasteiger partial charge on any atom is -0.330 e. The van der Waals surface area contributed by atoms with Crippen molar-refractivity contribution in [3.05, 3.63) is 30.1 Å². The molecule has 19 heavy (non-hydrogen) atoms. The number of nitrogens with zero attached hydrogens (tertiary/aromatic N) is 3.